The Labute approximate surface area is 101 Å². The molecule has 0 aliphatic rings. The van der Waals surface area contributed by atoms with Crippen LogP contribution in [0.2, 0.25) is 0 Å². The average molecular weight is 276 g/mol. The molecule has 0 aromatic heterocycles. The summed E-state index contributed by atoms with van der Waals surface area (Å²) in [6, 6.07) is 14.4. The highest BCUT2D eigenvalue weighted by Gasteiger charge is 2.12. The van der Waals surface area contributed by atoms with Gasteiger partial charge in [0.15, 0.2) is 0 Å². The molecule has 2 aromatic rings. The van der Waals surface area contributed by atoms with Crippen LogP contribution in [-0.2, 0) is 0 Å². The van der Waals surface area contributed by atoms with E-state index in [9.17, 15) is 4.39 Å². The van der Waals surface area contributed by atoms with Crippen molar-refractivity contribution in [2.75, 3.05) is 0 Å². The summed E-state index contributed by atoms with van der Waals surface area (Å²) < 4.78 is 14.4. The van der Waals surface area contributed by atoms with Crippen LogP contribution in [0.5, 0.6) is 0 Å². The van der Waals surface area contributed by atoms with Crippen molar-refractivity contribution < 1.29 is 4.39 Å². The van der Waals surface area contributed by atoms with Crippen LogP contribution in [0.1, 0.15) is 5.56 Å². The lowest BCUT2D eigenvalue weighted by Crippen LogP contribution is -1.90. The average Bonchev–Trinajstić information content (AvgIpc) is 2.31. The molecule has 2 aromatic carbocycles. The number of hydrogen-bond donors (Lipinski definition) is 0. The van der Waals surface area contributed by atoms with Gasteiger partial charge in [-0.05, 0) is 27.6 Å². The van der Waals surface area contributed by atoms with Gasteiger partial charge in [-0.3, -0.25) is 0 Å². The SMILES string of the molecule is N#Cc1c(Br)ccc(-c2ccccc2)c1F. The van der Waals surface area contributed by atoms with Gasteiger partial charge < -0.3 is 0 Å². The van der Waals surface area contributed by atoms with Crippen LogP contribution in [0.25, 0.3) is 11.1 Å². The maximum Gasteiger partial charge on any atom is 0.149 e. The third kappa shape index (κ3) is 1.84. The number of nitriles is 1. The van der Waals surface area contributed by atoms with Gasteiger partial charge in [0.1, 0.15) is 17.4 Å². The molecule has 0 radical (unpaired) electrons. The standard InChI is InChI=1S/C13H7BrFN/c14-12-7-6-10(13(15)11(12)8-16)9-4-2-1-3-5-9/h1-7H. The fourth-order valence-corrected chi connectivity index (χ4v) is 1.89. The van der Waals surface area contributed by atoms with Crippen LogP contribution < -0.4 is 0 Å². The highest BCUT2D eigenvalue weighted by atomic mass is 79.9. The first-order valence-corrected chi connectivity index (χ1v) is 5.47. The second-order valence-electron chi connectivity index (χ2n) is 3.26. The monoisotopic (exact) mass is 275 g/mol. The molecule has 3 heteroatoms. The smallest absolute Gasteiger partial charge is 0.149 e. The van der Waals surface area contributed by atoms with Crippen molar-refractivity contribution in [2.45, 2.75) is 0 Å². The Balaban J connectivity index is 2.65. The van der Waals surface area contributed by atoms with Gasteiger partial charge >= 0.3 is 0 Å². The van der Waals surface area contributed by atoms with Crippen molar-refractivity contribution in [1.82, 2.24) is 0 Å². The zero-order valence-electron chi connectivity index (χ0n) is 8.24. The van der Waals surface area contributed by atoms with E-state index in [1.807, 2.05) is 36.4 Å². The number of benzene rings is 2. The molecule has 0 saturated heterocycles. The Kier molecular flexibility index (Phi) is 3.02. The van der Waals surface area contributed by atoms with Crippen molar-refractivity contribution in [3.05, 3.63) is 58.3 Å². The predicted molar refractivity (Wildman–Crippen MR) is 64.3 cm³/mol. The van der Waals surface area contributed by atoms with E-state index in [0.29, 0.717) is 10.0 Å². The fraction of sp³-hybridized carbons (Fsp3) is 0. The molecule has 0 N–H and O–H groups in total. The topological polar surface area (TPSA) is 23.8 Å². The van der Waals surface area contributed by atoms with Gasteiger partial charge in [-0.15, -0.1) is 0 Å². The van der Waals surface area contributed by atoms with E-state index in [2.05, 4.69) is 15.9 Å². The van der Waals surface area contributed by atoms with Crippen LogP contribution in [0.3, 0.4) is 0 Å². The largest absolute Gasteiger partial charge is 0.205 e. The van der Waals surface area contributed by atoms with Gasteiger partial charge in [0.05, 0.1) is 0 Å². The summed E-state index contributed by atoms with van der Waals surface area (Å²) in [5.74, 6) is -0.483. The summed E-state index contributed by atoms with van der Waals surface area (Å²) in [6.07, 6.45) is 0. The molecule has 78 valence electrons. The Hall–Kier alpha value is -1.66. The third-order valence-corrected chi connectivity index (χ3v) is 2.95. The summed E-state index contributed by atoms with van der Waals surface area (Å²) in [5.41, 5.74) is 1.26. The Morgan fingerprint density at radius 2 is 1.75 bits per heavy atom. The number of rotatable bonds is 1. The van der Waals surface area contributed by atoms with Crippen molar-refractivity contribution in [2.24, 2.45) is 0 Å². The first-order chi connectivity index (χ1) is 7.74. The molecular formula is C13H7BrFN. The Morgan fingerprint density at radius 1 is 1.06 bits per heavy atom. The predicted octanol–water partition coefficient (Wildman–Crippen LogP) is 4.13. The number of nitrogens with zero attached hydrogens (tertiary/aromatic N) is 1. The van der Waals surface area contributed by atoms with Gasteiger partial charge in [0.25, 0.3) is 0 Å². The van der Waals surface area contributed by atoms with Crippen molar-refractivity contribution >= 4 is 15.9 Å². The van der Waals surface area contributed by atoms with Gasteiger partial charge in [0.2, 0.25) is 0 Å². The summed E-state index contributed by atoms with van der Waals surface area (Å²) in [5, 5.41) is 8.85. The maximum absolute atomic E-state index is 14.0. The summed E-state index contributed by atoms with van der Waals surface area (Å²) in [7, 11) is 0. The van der Waals surface area contributed by atoms with Gasteiger partial charge in [0, 0.05) is 10.0 Å². The first-order valence-electron chi connectivity index (χ1n) is 4.67. The zero-order valence-corrected chi connectivity index (χ0v) is 9.83. The number of halogens is 2. The van der Waals surface area contributed by atoms with E-state index in [1.165, 1.54) is 0 Å². The molecular weight excluding hydrogens is 269 g/mol. The molecule has 2 rings (SSSR count). The second kappa shape index (κ2) is 4.46. The second-order valence-corrected chi connectivity index (χ2v) is 4.12. The summed E-state index contributed by atoms with van der Waals surface area (Å²) in [6.45, 7) is 0. The molecule has 16 heavy (non-hydrogen) atoms. The minimum atomic E-state index is -0.483. The van der Waals surface area contributed by atoms with Gasteiger partial charge in [-0.1, -0.05) is 36.4 Å². The molecule has 0 fully saturated rings. The number of hydrogen-bond acceptors (Lipinski definition) is 1. The summed E-state index contributed by atoms with van der Waals surface area (Å²) in [4.78, 5) is 0. The van der Waals surface area contributed by atoms with Crippen LogP contribution in [-0.4, -0.2) is 0 Å². The zero-order chi connectivity index (χ0) is 11.5. The van der Waals surface area contributed by atoms with Crippen molar-refractivity contribution in [3.63, 3.8) is 0 Å². The third-order valence-electron chi connectivity index (χ3n) is 2.29. The van der Waals surface area contributed by atoms with Gasteiger partial charge in [-0.25, -0.2) is 4.39 Å². The van der Waals surface area contributed by atoms with E-state index in [-0.39, 0.29) is 5.56 Å². The molecule has 0 heterocycles. The molecule has 0 saturated carbocycles. The van der Waals surface area contributed by atoms with E-state index in [4.69, 9.17) is 5.26 Å². The van der Waals surface area contributed by atoms with Crippen molar-refractivity contribution in [3.8, 4) is 17.2 Å². The minimum Gasteiger partial charge on any atom is -0.205 e. The van der Waals surface area contributed by atoms with E-state index in [1.54, 1.807) is 12.1 Å². The Morgan fingerprint density at radius 3 is 2.38 bits per heavy atom. The van der Waals surface area contributed by atoms with E-state index < -0.39 is 5.82 Å². The van der Waals surface area contributed by atoms with Crippen LogP contribution in [0.15, 0.2) is 46.9 Å². The van der Waals surface area contributed by atoms with E-state index >= 15 is 0 Å². The first kappa shape index (κ1) is 10.8. The molecule has 0 aliphatic heterocycles. The highest BCUT2D eigenvalue weighted by Crippen LogP contribution is 2.28. The lowest BCUT2D eigenvalue weighted by Gasteiger charge is -2.05. The lowest BCUT2D eigenvalue weighted by atomic mass is 10.0. The molecule has 0 aliphatic carbocycles. The molecule has 1 nitrogen and oxygen atoms in total. The summed E-state index contributed by atoms with van der Waals surface area (Å²) >= 11 is 3.15. The van der Waals surface area contributed by atoms with Crippen LogP contribution in [0, 0.1) is 17.1 Å². The maximum atomic E-state index is 14.0. The van der Waals surface area contributed by atoms with Crippen LogP contribution in [0.4, 0.5) is 4.39 Å². The Bertz CT molecular complexity index is 558. The fourth-order valence-electron chi connectivity index (χ4n) is 1.50. The van der Waals surface area contributed by atoms with Crippen LogP contribution >= 0.6 is 15.9 Å². The van der Waals surface area contributed by atoms with Gasteiger partial charge in [-0.2, -0.15) is 5.26 Å². The highest BCUT2D eigenvalue weighted by molar-refractivity contribution is 9.10. The normalized spacial score (nSPS) is 9.81. The van der Waals surface area contributed by atoms with E-state index in [0.717, 1.165) is 5.56 Å². The molecule has 0 atom stereocenters. The molecule has 0 unspecified atom stereocenters. The lowest BCUT2D eigenvalue weighted by molar-refractivity contribution is 0.626. The minimum absolute atomic E-state index is 0.0429. The van der Waals surface area contributed by atoms with Crippen molar-refractivity contribution in [1.29, 1.82) is 5.26 Å². The molecule has 0 spiro atoms. The molecule has 0 amide bonds. The molecule has 0 bridgehead atoms. The quantitative estimate of drug-likeness (QED) is 0.768.